The molecule has 1 aromatic carbocycles. The Bertz CT molecular complexity index is 378. The number of rotatable bonds is 7. The zero-order valence-corrected chi connectivity index (χ0v) is 13.3. The van der Waals surface area contributed by atoms with Gasteiger partial charge in [0.15, 0.2) is 0 Å². The van der Waals surface area contributed by atoms with Gasteiger partial charge in [-0.25, -0.2) is 0 Å². The summed E-state index contributed by atoms with van der Waals surface area (Å²) in [6.45, 7) is 10.9. The summed E-state index contributed by atoms with van der Waals surface area (Å²) >= 11 is 0. The molecule has 0 radical (unpaired) electrons. The van der Waals surface area contributed by atoms with Gasteiger partial charge in [-0.1, -0.05) is 46.8 Å². The molecule has 1 N–H and O–H groups in total. The molecule has 0 bridgehead atoms. The minimum Gasteiger partial charge on any atom is -0.464 e. The second-order valence-corrected chi connectivity index (χ2v) is 6.29. The van der Waals surface area contributed by atoms with Crippen LogP contribution in [0.4, 0.5) is 0 Å². The van der Waals surface area contributed by atoms with Gasteiger partial charge < -0.3 is 14.6 Å². The van der Waals surface area contributed by atoms with Crippen LogP contribution in [0.1, 0.15) is 52.5 Å². The minimum atomic E-state index is -0.371. The van der Waals surface area contributed by atoms with Crippen LogP contribution in [0, 0.1) is 5.41 Å². The number of hydrogen-bond donors (Lipinski definition) is 1. The lowest BCUT2D eigenvalue weighted by Crippen LogP contribution is -2.35. The molecule has 3 heteroatoms. The van der Waals surface area contributed by atoms with Crippen molar-refractivity contribution in [2.75, 3.05) is 13.2 Å². The highest BCUT2D eigenvalue weighted by atomic mass is 16.7. The maximum atomic E-state index is 8.89. The maximum Gasteiger partial charge on any atom is 0.204 e. The Labute approximate surface area is 122 Å². The van der Waals surface area contributed by atoms with E-state index in [2.05, 4.69) is 46.8 Å². The zero-order valence-electron chi connectivity index (χ0n) is 13.3. The van der Waals surface area contributed by atoms with E-state index in [-0.39, 0.29) is 24.9 Å². The SMILES string of the molecule is CCC(C)c1ccc(OC(OCCO)C(C)(C)C)cc1. The third-order valence-corrected chi connectivity index (χ3v) is 3.37. The summed E-state index contributed by atoms with van der Waals surface area (Å²) in [5.41, 5.74) is 1.17. The fourth-order valence-corrected chi connectivity index (χ4v) is 1.85. The Morgan fingerprint density at radius 1 is 1.15 bits per heavy atom. The highest BCUT2D eigenvalue weighted by Gasteiger charge is 2.27. The Kier molecular flexibility index (Phi) is 6.50. The fraction of sp³-hybridized carbons (Fsp3) is 0.647. The molecule has 0 aliphatic heterocycles. The molecule has 2 unspecified atom stereocenters. The number of hydrogen-bond acceptors (Lipinski definition) is 3. The van der Waals surface area contributed by atoms with Crippen LogP contribution in [0.3, 0.4) is 0 Å². The number of benzene rings is 1. The van der Waals surface area contributed by atoms with Crippen molar-refractivity contribution in [3.05, 3.63) is 29.8 Å². The van der Waals surface area contributed by atoms with E-state index in [0.29, 0.717) is 5.92 Å². The molecule has 20 heavy (non-hydrogen) atoms. The molecule has 1 aromatic rings. The molecule has 0 aliphatic rings. The predicted octanol–water partition coefficient (Wildman–Crippen LogP) is 3.96. The Hall–Kier alpha value is -1.06. The average Bonchev–Trinajstić information content (AvgIpc) is 2.42. The third-order valence-electron chi connectivity index (χ3n) is 3.37. The van der Waals surface area contributed by atoms with Crippen LogP contribution >= 0.6 is 0 Å². The second-order valence-electron chi connectivity index (χ2n) is 6.29. The highest BCUT2D eigenvalue weighted by molar-refractivity contribution is 5.29. The second kappa shape index (κ2) is 7.65. The first-order valence-corrected chi connectivity index (χ1v) is 7.37. The third kappa shape index (κ3) is 5.14. The van der Waals surface area contributed by atoms with Gasteiger partial charge in [0, 0.05) is 5.41 Å². The summed E-state index contributed by atoms with van der Waals surface area (Å²) in [6, 6.07) is 8.19. The molecule has 3 nitrogen and oxygen atoms in total. The van der Waals surface area contributed by atoms with Crippen molar-refractivity contribution in [2.24, 2.45) is 5.41 Å². The van der Waals surface area contributed by atoms with E-state index in [1.165, 1.54) is 5.56 Å². The van der Waals surface area contributed by atoms with E-state index in [1.54, 1.807) is 0 Å². The van der Waals surface area contributed by atoms with Gasteiger partial charge in [0.25, 0.3) is 0 Å². The Balaban J connectivity index is 2.73. The van der Waals surface area contributed by atoms with Gasteiger partial charge in [0.2, 0.25) is 6.29 Å². The van der Waals surface area contributed by atoms with E-state index in [0.717, 1.165) is 12.2 Å². The summed E-state index contributed by atoms with van der Waals surface area (Å²) in [5, 5.41) is 8.89. The van der Waals surface area contributed by atoms with Crippen molar-refractivity contribution < 1.29 is 14.6 Å². The van der Waals surface area contributed by atoms with Crippen molar-refractivity contribution >= 4 is 0 Å². The molecule has 2 atom stereocenters. The van der Waals surface area contributed by atoms with E-state index < -0.39 is 0 Å². The van der Waals surface area contributed by atoms with Crippen molar-refractivity contribution in [1.29, 1.82) is 0 Å². The minimum absolute atomic E-state index is 0.00287. The average molecular weight is 280 g/mol. The van der Waals surface area contributed by atoms with Gasteiger partial charge in [0.05, 0.1) is 13.2 Å². The molecule has 0 fully saturated rings. The topological polar surface area (TPSA) is 38.7 Å². The molecule has 0 aromatic heterocycles. The Morgan fingerprint density at radius 2 is 1.75 bits per heavy atom. The van der Waals surface area contributed by atoms with E-state index >= 15 is 0 Å². The van der Waals surface area contributed by atoms with Gasteiger partial charge in [-0.2, -0.15) is 0 Å². The van der Waals surface area contributed by atoms with Crippen LogP contribution in [-0.4, -0.2) is 24.6 Å². The van der Waals surface area contributed by atoms with E-state index in [9.17, 15) is 0 Å². The van der Waals surface area contributed by atoms with Crippen molar-refractivity contribution in [2.45, 2.75) is 53.2 Å². The summed E-state index contributed by atoms with van der Waals surface area (Å²) in [4.78, 5) is 0. The lowest BCUT2D eigenvalue weighted by molar-refractivity contribution is -0.146. The predicted molar refractivity (Wildman–Crippen MR) is 82.1 cm³/mol. The largest absolute Gasteiger partial charge is 0.464 e. The lowest BCUT2D eigenvalue weighted by atomic mass is 9.95. The fourth-order valence-electron chi connectivity index (χ4n) is 1.85. The maximum absolute atomic E-state index is 8.89. The van der Waals surface area contributed by atoms with Gasteiger partial charge in [0.1, 0.15) is 5.75 Å². The molecule has 0 saturated heterocycles. The smallest absolute Gasteiger partial charge is 0.204 e. The van der Waals surface area contributed by atoms with Crippen LogP contribution in [0.25, 0.3) is 0 Å². The molecular formula is C17H28O3. The van der Waals surface area contributed by atoms with Gasteiger partial charge in [-0.3, -0.25) is 0 Å². The molecular weight excluding hydrogens is 252 g/mol. The van der Waals surface area contributed by atoms with Gasteiger partial charge >= 0.3 is 0 Å². The van der Waals surface area contributed by atoms with Crippen molar-refractivity contribution in [3.63, 3.8) is 0 Å². The first kappa shape index (κ1) is 17.0. The first-order valence-electron chi connectivity index (χ1n) is 7.37. The molecule has 0 spiro atoms. The van der Waals surface area contributed by atoms with Crippen LogP contribution in [0.15, 0.2) is 24.3 Å². The van der Waals surface area contributed by atoms with Crippen LogP contribution in [0.2, 0.25) is 0 Å². The van der Waals surface area contributed by atoms with Crippen molar-refractivity contribution in [3.8, 4) is 5.75 Å². The summed E-state index contributed by atoms with van der Waals surface area (Å²) < 4.78 is 11.5. The lowest BCUT2D eigenvalue weighted by Gasteiger charge is -2.30. The normalized spacial score (nSPS) is 14.9. The van der Waals surface area contributed by atoms with Gasteiger partial charge in [-0.05, 0) is 30.0 Å². The van der Waals surface area contributed by atoms with Crippen molar-refractivity contribution in [1.82, 2.24) is 0 Å². The first-order chi connectivity index (χ1) is 9.38. The molecule has 0 aliphatic carbocycles. The van der Waals surface area contributed by atoms with Crippen LogP contribution < -0.4 is 4.74 Å². The molecule has 114 valence electrons. The van der Waals surface area contributed by atoms with Gasteiger partial charge in [-0.15, -0.1) is 0 Å². The highest BCUT2D eigenvalue weighted by Crippen LogP contribution is 2.27. The number of ether oxygens (including phenoxy) is 2. The summed E-state index contributed by atoms with van der Waals surface area (Å²) in [7, 11) is 0. The standard InChI is InChI=1S/C17H28O3/c1-6-13(2)14-7-9-15(10-8-14)20-16(17(3,4)5)19-12-11-18/h7-10,13,16,18H,6,11-12H2,1-5H3. The summed E-state index contributed by atoms with van der Waals surface area (Å²) in [6.07, 6.45) is 0.758. The monoisotopic (exact) mass is 280 g/mol. The number of aliphatic hydroxyl groups is 1. The Morgan fingerprint density at radius 3 is 2.20 bits per heavy atom. The van der Waals surface area contributed by atoms with E-state index in [4.69, 9.17) is 14.6 Å². The van der Waals surface area contributed by atoms with E-state index in [1.807, 2.05) is 12.1 Å². The molecule has 0 amide bonds. The summed E-state index contributed by atoms with van der Waals surface area (Å²) in [5.74, 6) is 1.36. The van der Waals surface area contributed by atoms with Crippen LogP contribution in [0.5, 0.6) is 5.75 Å². The molecule has 1 rings (SSSR count). The zero-order chi connectivity index (χ0) is 15.2. The quantitative estimate of drug-likeness (QED) is 0.768. The number of aliphatic hydroxyl groups excluding tert-OH is 1. The molecule has 0 heterocycles. The molecule has 0 saturated carbocycles. The van der Waals surface area contributed by atoms with Crippen LogP contribution in [-0.2, 0) is 4.74 Å².